The molecule has 1 heteroatoms. The van der Waals surface area contributed by atoms with Crippen molar-refractivity contribution in [3.05, 3.63) is 0 Å². The minimum atomic E-state index is 0. The molecule has 0 unspecified atom stereocenters. The van der Waals surface area contributed by atoms with Crippen LogP contribution in [0.3, 0.4) is 0 Å². The van der Waals surface area contributed by atoms with Crippen molar-refractivity contribution in [2.45, 2.75) is 39.5 Å². The Morgan fingerprint density at radius 2 is 1.44 bits per heavy atom. The topological polar surface area (TPSA) is 9.23 Å². The first-order chi connectivity index (χ1) is 4.41. The molecule has 0 atom stereocenters. The van der Waals surface area contributed by atoms with E-state index in [-0.39, 0.29) is 2.85 Å². The summed E-state index contributed by atoms with van der Waals surface area (Å²) >= 11 is 0. The molecule has 0 bridgehead atoms. The maximum Gasteiger partial charge on any atom is 0.0465 e. The van der Waals surface area contributed by atoms with Crippen molar-refractivity contribution in [1.29, 1.82) is 0 Å². The molecule has 0 N–H and O–H groups in total. The highest BCUT2D eigenvalue weighted by molar-refractivity contribution is 4.33. The molecule has 1 nitrogen and oxygen atoms in total. The van der Waals surface area contributed by atoms with E-state index in [0.717, 1.165) is 13.2 Å². The summed E-state index contributed by atoms with van der Waals surface area (Å²) in [5.74, 6) is 0. The van der Waals surface area contributed by atoms with Gasteiger partial charge in [0.25, 0.3) is 0 Å². The van der Waals surface area contributed by atoms with Gasteiger partial charge in [0.15, 0.2) is 0 Å². The van der Waals surface area contributed by atoms with E-state index in [1.165, 1.54) is 25.7 Å². The maximum atomic E-state index is 5.31. The molecule has 0 spiro atoms. The van der Waals surface area contributed by atoms with Crippen molar-refractivity contribution in [2.24, 2.45) is 0 Å². The Balaban J connectivity index is -0.000000320. The lowest BCUT2D eigenvalue weighted by atomic mass is 10.3. The van der Waals surface area contributed by atoms with E-state index < -0.39 is 0 Å². The molecule has 0 saturated heterocycles. The molecular weight excluding hydrogens is 112 g/mol. The van der Waals surface area contributed by atoms with Gasteiger partial charge in [0.2, 0.25) is 0 Å². The molecule has 0 amide bonds. The molecule has 0 aromatic heterocycles. The largest absolute Gasteiger partial charge is 0.381 e. The summed E-state index contributed by atoms with van der Waals surface area (Å²) in [7, 11) is 0. The van der Waals surface area contributed by atoms with Crippen molar-refractivity contribution in [1.82, 2.24) is 0 Å². The first kappa shape index (κ1) is 8.96. The smallest absolute Gasteiger partial charge is 0.0465 e. The zero-order valence-corrected chi connectivity index (χ0v) is 6.65. The summed E-state index contributed by atoms with van der Waals surface area (Å²) in [6, 6.07) is 0. The van der Waals surface area contributed by atoms with Crippen LogP contribution in [0.15, 0.2) is 0 Å². The highest BCUT2D eigenvalue weighted by atomic mass is 16.5. The average Bonchev–Trinajstić information content (AvgIpc) is 1.89. The fourth-order valence-electron chi connectivity index (χ4n) is 0.595. The fraction of sp³-hybridized carbons (Fsp3) is 1.00. The van der Waals surface area contributed by atoms with Gasteiger partial charge in [0.05, 0.1) is 0 Å². The van der Waals surface area contributed by atoms with Gasteiger partial charge in [-0.25, -0.2) is 0 Å². The van der Waals surface area contributed by atoms with E-state index in [9.17, 15) is 0 Å². The van der Waals surface area contributed by atoms with Crippen molar-refractivity contribution >= 4 is 0 Å². The van der Waals surface area contributed by atoms with Crippen molar-refractivity contribution < 1.29 is 7.59 Å². The zero-order chi connectivity index (χ0) is 6.95. The summed E-state index contributed by atoms with van der Waals surface area (Å²) in [5.41, 5.74) is 0. The molecule has 0 radical (unpaired) electrons. The first-order valence-electron chi connectivity index (χ1n) is 3.99. The van der Waals surface area contributed by atoms with Gasteiger partial charge >= 0.3 is 0 Å². The fourth-order valence-corrected chi connectivity index (χ4v) is 0.595. The summed E-state index contributed by atoms with van der Waals surface area (Å²) in [5, 5.41) is 0. The predicted molar refractivity (Wildman–Crippen MR) is 44.9 cm³/mol. The second kappa shape index (κ2) is 7.96. The van der Waals surface area contributed by atoms with E-state index in [1.54, 1.807) is 0 Å². The Bertz CT molecular complexity index is 45.4. The van der Waals surface area contributed by atoms with Gasteiger partial charge in [-0.05, 0) is 12.8 Å². The van der Waals surface area contributed by atoms with Crippen LogP contribution in [0.25, 0.3) is 0 Å². The van der Waals surface area contributed by atoms with Crippen molar-refractivity contribution in [2.75, 3.05) is 13.2 Å². The molecule has 0 saturated carbocycles. The molecule has 60 valence electrons. The van der Waals surface area contributed by atoms with E-state index in [4.69, 9.17) is 4.74 Å². The van der Waals surface area contributed by atoms with E-state index >= 15 is 0 Å². The third-order valence-corrected chi connectivity index (χ3v) is 1.28. The second-order valence-electron chi connectivity index (χ2n) is 2.32. The Labute approximate surface area is 61.4 Å². The third-order valence-electron chi connectivity index (χ3n) is 1.28. The van der Waals surface area contributed by atoms with Gasteiger partial charge in [-0.15, -0.1) is 0 Å². The standard InChI is InChI=1S/C8H18O.2H2/c1-3-5-7-9-8-6-4-2;;/h3-8H2,1-2H3;2*1H. The SMILES string of the molecule is CCCCOCCCC.[HH].[HH]. The number of hydrogen-bond donors (Lipinski definition) is 0. The summed E-state index contributed by atoms with van der Waals surface area (Å²) < 4.78 is 5.31. The van der Waals surface area contributed by atoms with Gasteiger partial charge in [-0.1, -0.05) is 26.7 Å². The molecule has 0 rings (SSSR count). The lowest BCUT2D eigenvalue weighted by molar-refractivity contribution is 0.128. The lowest BCUT2D eigenvalue weighted by Gasteiger charge is -1.99. The molecule has 0 fully saturated rings. The van der Waals surface area contributed by atoms with E-state index in [1.807, 2.05) is 0 Å². The minimum absolute atomic E-state index is 0. The molecule has 0 aliphatic heterocycles. The van der Waals surface area contributed by atoms with Crippen LogP contribution < -0.4 is 0 Å². The molecular formula is C8H22O. The quantitative estimate of drug-likeness (QED) is 0.507. The molecule has 0 aliphatic carbocycles. The van der Waals surface area contributed by atoms with Crippen molar-refractivity contribution in [3.63, 3.8) is 0 Å². The van der Waals surface area contributed by atoms with Crippen LogP contribution in [-0.2, 0) is 4.74 Å². The number of unbranched alkanes of at least 4 members (excludes halogenated alkanes) is 2. The number of hydrogen-bond acceptors (Lipinski definition) is 1. The lowest BCUT2D eigenvalue weighted by Crippen LogP contribution is -1.95. The van der Waals surface area contributed by atoms with Gasteiger partial charge in [-0.2, -0.15) is 0 Å². The molecule has 9 heavy (non-hydrogen) atoms. The van der Waals surface area contributed by atoms with Crippen LogP contribution in [0.1, 0.15) is 42.4 Å². The van der Waals surface area contributed by atoms with Crippen LogP contribution in [0, 0.1) is 0 Å². The van der Waals surface area contributed by atoms with Crippen LogP contribution in [0.2, 0.25) is 0 Å². The van der Waals surface area contributed by atoms with Gasteiger partial charge in [-0.3, -0.25) is 0 Å². The van der Waals surface area contributed by atoms with Crippen LogP contribution in [0.5, 0.6) is 0 Å². The Kier molecular flexibility index (Phi) is 7.92. The summed E-state index contributed by atoms with van der Waals surface area (Å²) in [6.45, 7) is 6.28. The normalized spacial score (nSPS) is 10.0. The predicted octanol–water partition coefficient (Wildman–Crippen LogP) is 3.10. The summed E-state index contributed by atoms with van der Waals surface area (Å²) in [4.78, 5) is 0. The zero-order valence-electron chi connectivity index (χ0n) is 6.65. The Morgan fingerprint density at radius 3 is 1.78 bits per heavy atom. The van der Waals surface area contributed by atoms with Crippen LogP contribution in [0.4, 0.5) is 0 Å². The molecule has 0 heterocycles. The van der Waals surface area contributed by atoms with Crippen LogP contribution >= 0.6 is 0 Å². The molecule has 0 aliphatic rings. The van der Waals surface area contributed by atoms with E-state index in [2.05, 4.69) is 13.8 Å². The van der Waals surface area contributed by atoms with Gasteiger partial charge in [0, 0.05) is 16.1 Å². The third kappa shape index (κ3) is 7.96. The van der Waals surface area contributed by atoms with E-state index in [0.29, 0.717) is 0 Å². The molecule has 0 aromatic rings. The Hall–Kier alpha value is -0.0400. The second-order valence-corrected chi connectivity index (χ2v) is 2.32. The van der Waals surface area contributed by atoms with Crippen molar-refractivity contribution in [3.8, 4) is 0 Å². The minimum Gasteiger partial charge on any atom is -0.381 e. The highest BCUT2D eigenvalue weighted by Gasteiger charge is 1.84. The first-order valence-corrected chi connectivity index (χ1v) is 3.99. The Morgan fingerprint density at radius 1 is 1.00 bits per heavy atom. The average molecular weight is 134 g/mol. The molecule has 0 aromatic carbocycles. The monoisotopic (exact) mass is 134 g/mol. The number of ether oxygens (including phenoxy) is 1. The number of rotatable bonds is 6. The van der Waals surface area contributed by atoms with Gasteiger partial charge in [0.1, 0.15) is 0 Å². The highest BCUT2D eigenvalue weighted by Crippen LogP contribution is 1.91. The van der Waals surface area contributed by atoms with Gasteiger partial charge < -0.3 is 4.74 Å². The van der Waals surface area contributed by atoms with Crippen LogP contribution in [-0.4, -0.2) is 13.2 Å². The summed E-state index contributed by atoms with van der Waals surface area (Å²) in [6.07, 6.45) is 4.91. The maximum absolute atomic E-state index is 5.31.